The SMILES string of the molecule is CCC1CCCCC1Oc1cc(C#CCCl)ccc1F. The Hall–Kier alpha value is -1.20. The van der Waals surface area contributed by atoms with E-state index in [9.17, 15) is 4.39 Å². The molecule has 0 bridgehead atoms. The van der Waals surface area contributed by atoms with E-state index < -0.39 is 0 Å². The Morgan fingerprint density at radius 1 is 1.35 bits per heavy atom. The molecule has 0 amide bonds. The highest BCUT2D eigenvalue weighted by atomic mass is 35.5. The molecule has 0 heterocycles. The highest BCUT2D eigenvalue weighted by molar-refractivity contribution is 6.19. The molecule has 1 aliphatic carbocycles. The zero-order chi connectivity index (χ0) is 14.4. The Labute approximate surface area is 125 Å². The second kappa shape index (κ2) is 7.55. The van der Waals surface area contributed by atoms with Gasteiger partial charge in [-0.3, -0.25) is 0 Å². The molecular formula is C17H20ClFO. The van der Waals surface area contributed by atoms with Gasteiger partial charge in [0.2, 0.25) is 0 Å². The molecule has 2 rings (SSSR count). The Morgan fingerprint density at radius 3 is 2.90 bits per heavy atom. The van der Waals surface area contributed by atoms with Crippen LogP contribution in [0.1, 0.15) is 44.6 Å². The largest absolute Gasteiger partial charge is 0.487 e. The standard InChI is InChI=1S/C17H20ClFO/c1-2-14-7-3-4-8-16(14)20-17-12-13(6-5-11-18)9-10-15(17)19/h9-10,12,14,16H,2-4,7-8,11H2,1H3. The molecule has 108 valence electrons. The molecule has 0 spiro atoms. The van der Waals surface area contributed by atoms with Gasteiger partial charge in [-0.15, -0.1) is 11.6 Å². The minimum Gasteiger partial charge on any atom is -0.487 e. The average molecular weight is 295 g/mol. The maximum absolute atomic E-state index is 13.9. The number of alkyl halides is 1. The van der Waals surface area contributed by atoms with Gasteiger partial charge in [-0.25, -0.2) is 4.39 Å². The smallest absolute Gasteiger partial charge is 0.165 e. The summed E-state index contributed by atoms with van der Waals surface area (Å²) in [7, 11) is 0. The number of benzene rings is 1. The van der Waals surface area contributed by atoms with Crippen molar-refractivity contribution in [1.82, 2.24) is 0 Å². The number of rotatable bonds is 3. The van der Waals surface area contributed by atoms with Crippen molar-refractivity contribution < 1.29 is 9.13 Å². The lowest BCUT2D eigenvalue weighted by Crippen LogP contribution is -2.30. The van der Waals surface area contributed by atoms with Gasteiger partial charge in [0, 0.05) is 5.56 Å². The van der Waals surface area contributed by atoms with E-state index in [4.69, 9.17) is 16.3 Å². The predicted molar refractivity (Wildman–Crippen MR) is 80.7 cm³/mol. The van der Waals surface area contributed by atoms with E-state index in [-0.39, 0.29) is 17.8 Å². The summed E-state index contributed by atoms with van der Waals surface area (Å²) >= 11 is 5.54. The van der Waals surface area contributed by atoms with Crippen LogP contribution in [0.3, 0.4) is 0 Å². The van der Waals surface area contributed by atoms with Crippen LogP contribution in [-0.4, -0.2) is 12.0 Å². The van der Waals surface area contributed by atoms with Gasteiger partial charge >= 0.3 is 0 Å². The van der Waals surface area contributed by atoms with E-state index in [1.54, 1.807) is 12.1 Å². The summed E-state index contributed by atoms with van der Waals surface area (Å²) in [6.07, 6.45) is 5.80. The molecule has 20 heavy (non-hydrogen) atoms. The first-order chi connectivity index (χ1) is 9.74. The van der Waals surface area contributed by atoms with Crippen molar-refractivity contribution in [3.8, 4) is 17.6 Å². The second-order valence-electron chi connectivity index (χ2n) is 5.19. The zero-order valence-electron chi connectivity index (χ0n) is 11.8. The van der Waals surface area contributed by atoms with E-state index in [1.807, 2.05) is 0 Å². The molecule has 0 radical (unpaired) electrons. The van der Waals surface area contributed by atoms with Crippen LogP contribution in [0.5, 0.6) is 5.75 Å². The maximum atomic E-state index is 13.9. The molecule has 2 unspecified atom stereocenters. The van der Waals surface area contributed by atoms with E-state index in [1.165, 1.54) is 18.9 Å². The number of hydrogen-bond acceptors (Lipinski definition) is 1. The molecule has 0 aliphatic heterocycles. The van der Waals surface area contributed by atoms with E-state index >= 15 is 0 Å². The molecule has 1 saturated carbocycles. The van der Waals surface area contributed by atoms with Gasteiger partial charge in [0.1, 0.15) is 6.10 Å². The average Bonchev–Trinajstić information content (AvgIpc) is 2.48. The molecule has 1 aliphatic rings. The normalized spacial score (nSPS) is 21.9. The topological polar surface area (TPSA) is 9.23 Å². The van der Waals surface area contributed by atoms with Crippen LogP contribution in [0.25, 0.3) is 0 Å². The van der Waals surface area contributed by atoms with Gasteiger partial charge in [0.15, 0.2) is 11.6 Å². The van der Waals surface area contributed by atoms with Crippen LogP contribution in [0.15, 0.2) is 18.2 Å². The molecule has 1 aromatic carbocycles. The van der Waals surface area contributed by atoms with Gasteiger partial charge < -0.3 is 4.74 Å². The van der Waals surface area contributed by atoms with Crippen molar-refractivity contribution in [1.29, 1.82) is 0 Å². The Balaban J connectivity index is 2.14. The Bertz CT molecular complexity index is 503. The number of ether oxygens (including phenoxy) is 1. The summed E-state index contributed by atoms with van der Waals surface area (Å²) in [6, 6.07) is 4.74. The minimum absolute atomic E-state index is 0.125. The second-order valence-corrected chi connectivity index (χ2v) is 5.46. The molecule has 1 fully saturated rings. The molecule has 0 aromatic heterocycles. The van der Waals surface area contributed by atoms with Gasteiger partial charge in [0.25, 0.3) is 0 Å². The monoisotopic (exact) mass is 294 g/mol. The van der Waals surface area contributed by atoms with Crippen LogP contribution < -0.4 is 4.74 Å². The van der Waals surface area contributed by atoms with Crippen molar-refractivity contribution in [2.24, 2.45) is 5.92 Å². The quantitative estimate of drug-likeness (QED) is 0.577. The van der Waals surface area contributed by atoms with Crippen LogP contribution in [0.4, 0.5) is 4.39 Å². The zero-order valence-corrected chi connectivity index (χ0v) is 12.5. The third kappa shape index (κ3) is 3.90. The van der Waals surface area contributed by atoms with E-state index in [0.29, 0.717) is 11.7 Å². The van der Waals surface area contributed by atoms with Crippen molar-refractivity contribution in [3.63, 3.8) is 0 Å². The van der Waals surface area contributed by atoms with Crippen molar-refractivity contribution >= 4 is 11.6 Å². The summed E-state index contributed by atoms with van der Waals surface area (Å²) in [5, 5.41) is 0. The molecule has 0 saturated heterocycles. The first kappa shape index (κ1) is 15.2. The van der Waals surface area contributed by atoms with Crippen LogP contribution >= 0.6 is 11.6 Å². The van der Waals surface area contributed by atoms with Crippen LogP contribution in [0.2, 0.25) is 0 Å². The molecular weight excluding hydrogens is 275 g/mol. The van der Waals surface area contributed by atoms with Crippen LogP contribution in [0, 0.1) is 23.6 Å². The molecule has 0 N–H and O–H groups in total. The highest BCUT2D eigenvalue weighted by Gasteiger charge is 2.26. The predicted octanol–water partition coefficient (Wildman–Crippen LogP) is 4.76. The van der Waals surface area contributed by atoms with Crippen LogP contribution in [-0.2, 0) is 0 Å². The summed E-state index contributed by atoms with van der Waals surface area (Å²) in [5.41, 5.74) is 0.742. The minimum atomic E-state index is -0.318. The third-order valence-electron chi connectivity index (χ3n) is 3.87. The van der Waals surface area contributed by atoms with Gasteiger partial charge in [-0.2, -0.15) is 0 Å². The number of halogens is 2. The summed E-state index contributed by atoms with van der Waals surface area (Å²) in [5.74, 6) is 6.47. The molecule has 1 nitrogen and oxygen atoms in total. The summed E-state index contributed by atoms with van der Waals surface area (Å²) in [4.78, 5) is 0. The maximum Gasteiger partial charge on any atom is 0.165 e. The molecule has 1 aromatic rings. The van der Waals surface area contributed by atoms with Gasteiger partial charge in [0.05, 0.1) is 5.88 Å². The molecule has 3 heteroatoms. The first-order valence-corrected chi connectivity index (χ1v) is 7.79. The van der Waals surface area contributed by atoms with E-state index in [0.717, 1.165) is 24.8 Å². The summed E-state index contributed by atoms with van der Waals surface area (Å²) in [6.45, 7) is 2.17. The lowest BCUT2D eigenvalue weighted by Gasteiger charge is -2.31. The summed E-state index contributed by atoms with van der Waals surface area (Å²) < 4.78 is 19.8. The Morgan fingerprint density at radius 2 is 2.15 bits per heavy atom. The lowest BCUT2D eigenvalue weighted by atomic mass is 9.85. The fourth-order valence-corrected chi connectivity index (χ4v) is 2.83. The fourth-order valence-electron chi connectivity index (χ4n) is 2.77. The first-order valence-electron chi connectivity index (χ1n) is 7.25. The fraction of sp³-hybridized carbons (Fsp3) is 0.529. The van der Waals surface area contributed by atoms with Crippen molar-refractivity contribution in [2.45, 2.75) is 45.1 Å². The highest BCUT2D eigenvalue weighted by Crippen LogP contribution is 2.31. The van der Waals surface area contributed by atoms with Gasteiger partial charge in [-0.05, 0) is 49.8 Å². The Kier molecular flexibility index (Phi) is 5.73. The molecule has 2 atom stereocenters. The number of hydrogen-bond donors (Lipinski definition) is 0. The lowest BCUT2D eigenvalue weighted by molar-refractivity contribution is 0.0863. The van der Waals surface area contributed by atoms with Crippen molar-refractivity contribution in [3.05, 3.63) is 29.6 Å². The van der Waals surface area contributed by atoms with Gasteiger partial charge in [-0.1, -0.05) is 25.2 Å². The van der Waals surface area contributed by atoms with E-state index in [2.05, 4.69) is 18.8 Å². The van der Waals surface area contributed by atoms with Crippen molar-refractivity contribution in [2.75, 3.05) is 5.88 Å². The third-order valence-corrected chi connectivity index (χ3v) is 4.01.